The van der Waals surface area contributed by atoms with Crippen LogP contribution in [0.25, 0.3) is 0 Å². The molecule has 0 bridgehead atoms. The second-order valence-electron chi connectivity index (χ2n) is 19.8. The highest BCUT2D eigenvalue weighted by molar-refractivity contribution is 6.05. The highest BCUT2D eigenvalue weighted by Gasteiger charge is 2.48. The number of piperidine rings is 2. The van der Waals surface area contributed by atoms with E-state index < -0.39 is 30.7 Å². The number of hydrogen-bond acceptors (Lipinski definition) is 9. The molecule has 7 aliphatic rings. The van der Waals surface area contributed by atoms with E-state index in [9.17, 15) is 27.6 Å². The lowest BCUT2D eigenvalue weighted by Crippen LogP contribution is -2.58. The minimum absolute atomic E-state index is 0.0116. The fourth-order valence-electron chi connectivity index (χ4n) is 12.4. The van der Waals surface area contributed by atoms with Crippen molar-refractivity contribution in [3.63, 3.8) is 0 Å². The summed E-state index contributed by atoms with van der Waals surface area (Å²) in [6.07, 6.45) is 8.34. The number of likely N-dealkylation sites (tertiary alicyclic amines) is 1. The maximum Gasteiger partial charge on any atom is 0.401 e. The monoisotopic (exact) mass is 865 g/mol. The minimum Gasteiger partial charge on any atom is -0.493 e. The van der Waals surface area contributed by atoms with Crippen LogP contribution in [-0.2, 0) is 28.0 Å². The van der Waals surface area contributed by atoms with E-state index in [2.05, 4.69) is 32.2 Å². The number of aryl methyl sites for hydroxylation is 1. The maximum absolute atomic E-state index is 14.0. The zero-order valence-corrected chi connectivity index (χ0v) is 36.6. The van der Waals surface area contributed by atoms with Gasteiger partial charge >= 0.3 is 6.18 Å². The molecule has 6 aliphatic heterocycles. The Labute approximate surface area is 367 Å². The van der Waals surface area contributed by atoms with Crippen LogP contribution in [0.5, 0.6) is 5.75 Å². The number of aromatic nitrogens is 1. The number of benzene rings is 2. The molecule has 63 heavy (non-hydrogen) atoms. The topological polar surface area (TPSA) is 111 Å². The Bertz CT molecular complexity index is 2330. The lowest BCUT2D eigenvalue weighted by Gasteiger charge is -2.55. The van der Waals surface area contributed by atoms with Crippen LogP contribution in [0.15, 0.2) is 47.6 Å². The zero-order chi connectivity index (χ0) is 43.8. The number of nitrogens with zero attached hydrogens (tertiary/aromatic N) is 6. The summed E-state index contributed by atoms with van der Waals surface area (Å²) in [5, 5.41) is 2.40. The van der Waals surface area contributed by atoms with Gasteiger partial charge in [-0.25, -0.2) is 0 Å². The third kappa shape index (κ3) is 7.62. The quantitative estimate of drug-likeness (QED) is 0.202. The average Bonchev–Trinajstić information content (AvgIpc) is 3.58. The van der Waals surface area contributed by atoms with E-state index >= 15 is 0 Å². The van der Waals surface area contributed by atoms with Gasteiger partial charge in [-0.05, 0) is 131 Å². The number of hydrogen-bond donors (Lipinski definition) is 1. The van der Waals surface area contributed by atoms with Crippen molar-refractivity contribution in [1.29, 1.82) is 0 Å². The molecule has 3 saturated heterocycles. The molecule has 2 spiro atoms. The van der Waals surface area contributed by atoms with Crippen molar-refractivity contribution in [1.82, 2.24) is 25.0 Å². The minimum atomic E-state index is -4.33. The molecular weight excluding hydrogens is 808 g/mol. The lowest BCUT2D eigenvalue weighted by atomic mass is 9.65. The number of nitrogens with one attached hydrogen (secondary N) is 1. The predicted octanol–water partition coefficient (Wildman–Crippen LogP) is 6.91. The van der Waals surface area contributed by atoms with Crippen LogP contribution in [0, 0.1) is 18.3 Å². The Morgan fingerprint density at radius 1 is 0.968 bits per heavy atom. The molecule has 334 valence electrons. The van der Waals surface area contributed by atoms with Crippen molar-refractivity contribution >= 4 is 29.6 Å². The predicted molar refractivity (Wildman–Crippen MR) is 233 cm³/mol. The van der Waals surface area contributed by atoms with Crippen molar-refractivity contribution in [2.24, 2.45) is 16.3 Å². The number of ether oxygens (including phenoxy) is 1. The summed E-state index contributed by atoms with van der Waals surface area (Å²) in [7, 11) is 1.72. The fraction of sp³-hybridized carbons (Fsp3) is 0.571. The number of aliphatic imine (C=N–C) groups is 1. The lowest BCUT2D eigenvalue weighted by molar-refractivity contribution is -0.155. The van der Waals surface area contributed by atoms with Gasteiger partial charge in [0.05, 0.1) is 43.3 Å². The number of anilines is 1. The molecular formula is C49H58F3N7O4. The molecule has 3 aromatic rings. The molecule has 2 aromatic carbocycles. The average molecular weight is 866 g/mol. The van der Waals surface area contributed by atoms with Crippen molar-refractivity contribution in [2.75, 3.05) is 57.8 Å². The molecule has 3 atom stereocenters. The van der Waals surface area contributed by atoms with Crippen LogP contribution in [0.1, 0.15) is 120 Å². The summed E-state index contributed by atoms with van der Waals surface area (Å²) in [5.74, 6) is 0.645. The van der Waals surface area contributed by atoms with E-state index in [0.717, 1.165) is 91.2 Å². The number of carbonyl (C=O) groups is 3. The first-order valence-corrected chi connectivity index (χ1v) is 23.0. The van der Waals surface area contributed by atoms with Crippen molar-refractivity contribution in [3.05, 3.63) is 87.2 Å². The first-order chi connectivity index (χ1) is 30.2. The van der Waals surface area contributed by atoms with Gasteiger partial charge in [0, 0.05) is 72.9 Å². The van der Waals surface area contributed by atoms with Gasteiger partial charge < -0.3 is 19.4 Å². The molecule has 3 amide bonds. The van der Waals surface area contributed by atoms with Crippen molar-refractivity contribution in [2.45, 2.75) is 114 Å². The molecule has 0 radical (unpaired) electrons. The fourth-order valence-corrected chi connectivity index (χ4v) is 12.4. The maximum atomic E-state index is 14.0. The van der Waals surface area contributed by atoms with Crippen LogP contribution in [0.4, 0.5) is 18.9 Å². The van der Waals surface area contributed by atoms with Gasteiger partial charge in [-0.1, -0.05) is 18.2 Å². The Balaban J connectivity index is 0.743. The largest absolute Gasteiger partial charge is 0.493 e. The van der Waals surface area contributed by atoms with Gasteiger partial charge in [0.2, 0.25) is 11.8 Å². The molecule has 1 aliphatic carbocycles. The van der Waals surface area contributed by atoms with E-state index in [4.69, 9.17) is 9.72 Å². The molecule has 1 saturated carbocycles. The van der Waals surface area contributed by atoms with Crippen LogP contribution < -0.4 is 15.0 Å². The van der Waals surface area contributed by atoms with Gasteiger partial charge in [-0.2, -0.15) is 13.2 Å². The van der Waals surface area contributed by atoms with Gasteiger partial charge in [0.1, 0.15) is 11.8 Å². The van der Waals surface area contributed by atoms with Gasteiger partial charge in [-0.15, -0.1) is 0 Å². The van der Waals surface area contributed by atoms with Gasteiger partial charge in [0.15, 0.2) is 0 Å². The van der Waals surface area contributed by atoms with Crippen LogP contribution in [-0.4, -0.2) is 115 Å². The third-order valence-electron chi connectivity index (χ3n) is 16.0. The summed E-state index contributed by atoms with van der Waals surface area (Å²) >= 11 is 0. The first-order valence-electron chi connectivity index (χ1n) is 23.0. The number of fused-ring (bicyclic) bond motifs is 5. The normalized spacial score (nSPS) is 26.1. The summed E-state index contributed by atoms with van der Waals surface area (Å²) in [6, 6.07) is 10.4. The molecule has 10 rings (SSSR count). The third-order valence-corrected chi connectivity index (χ3v) is 16.0. The smallest absolute Gasteiger partial charge is 0.401 e. The number of carbonyl (C=O) groups excluding carboxylic acids is 3. The van der Waals surface area contributed by atoms with E-state index in [1.165, 1.54) is 31.2 Å². The second-order valence-corrected chi connectivity index (χ2v) is 19.8. The van der Waals surface area contributed by atoms with E-state index in [0.29, 0.717) is 48.6 Å². The van der Waals surface area contributed by atoms with Gasteiger partial charge in [0.25, 0.3) is 5.91 Å². The Morgan fingerprint density at radius 2 is 1.75 bits per heavy atom. The number of alkyl halides is 3. The summed E-state index contributed by atoms with van der Waals surface area (Å²) in [4.78, 5) is 55.3. The number of rotatable bonds is 7. The molecule has 1 aromatic heterocycles. The van der Waals surface area contributed by atoms with Crippen molar-refractivity contribution < 1.29 is 32.3 Å². The van der Waals surface area contributed by atoms with E-state index in [1.807, 2.05) is 50.5 Å². The number of halogens is 3. The molecule has 4 fully saturated rings. The van der Waals surface area contributed by atoms with Crippen LogP contribution in [0.3, 0.4) is 0 Å². The zero-order valence-electron chi connectivity index (χ0n) is 36.6. The SMILES string of the molecule is CN=Cc1c(C)ccc2c1C[C@@H](C)N(CC(F)(F)F)C2c1ccc(N2CC3(CCC(CN4CCC5(CCOc6c5ccc5c6CN(C6CCC(=O)NC6=O)C5=O)CC4)CC3)C2)cn1. The van der Waals surface area contributed by atoms with E-state index in [1.54, 1.807) is 16.8 Å². The number of amides is 3. The summed E-state index contributed by atoms with van der Waals surface area (Å²) in [5.41, 5.74) is 8.66. The number of imide groups is 1. The molecule has 14 heteroatoms. The highest BCUT2D eigenvalue weighted by atomic mass is 19.4. The van der Waals surface area contributed by atoms with Gasteiger partial charge in [-0.3, -0.25) is 34.6 Å². The Kier molecular flexibility index (Phi) is 10.7. The standard InChI is InChI=1S/C49H58F3N7O4/c1-30-4-6-34-36(37(30)24-53-3)22-31(2)59(29-49(50,51)52)43(34)40-9-5-33(23-54-40)57-27-47(28-57)14-12-32(13-15-47)25-56-19-16-48(17-20-56)18-21-63-44-38-26-58(41-10-11-42(60)55-45(41)61)46(62)35(38)7-8-39(44)48/h4-9,23-24,31-32,41,43H,10-22,25-29H2,1-3H3,(H,55,60,61)/t31-,41?,43?/m1/s1. The summed E-state index contributed by atoms with van der Waals surface area (Å²) < 4.78 is 48.3. The van der Waals surface area contributed by atoms with E-state index in [-0.39, 0.29) is 29.7 Å². The van der Waals surface area contributed by atoms with Crippen LogP contribution >= 0.6 is 0 Å². The number of pyridine rings is 1. The Hall–Kier alpha value is -4.82. The molecule has 1 N–H and O–H groups in total. The second kappa shape index (κ2) is 16.0. The van der Waals surface area contributed by atoms with Crippen molar-refractivity contribution in [3.8, 4) is 5.75 Å². The highest BCUT2D eigenvalue weighted by Crippen LogP contribution is 2.51. The first kappa shape index (κ1) is 42.1. The molecule has 2 unspecified atom stereocenters. The van der Waals surface area contributed by atoms with Crippen LogP contribution in [0.2, 0.25) is 0 Å². The molecule has 7 heterocycles. The molecule has 11 nitrogen and oxygen atoms in total. The Morgan fingerprint density at radius 3 is 2.44 bits per heavy atom. The summed E-state index contributed by atoms with van der Waals surface area (Å²) in [6.45, 7) is 9.00.